The van der Waals surface area contributed by atoms with E-state index in [4.69, 9.17) is 5.73 Å². The standard InChI is InChI=1S/C12H16N4O2S/c1-9-11(13)4-3-5-12(9)19(17,18)16(2)8-10-6-14-15-7-10/h3-7H,8,13H2,1-2H3,(H,14,15). The summed E-state index contributed by atoms with van der Waals surface area (Å²) in [5.41, 5.74) is 7.60. The van der Waals surface area contributed by atoms with E-state index in [-0.39, 0.29) is 11.4 Å². The van der Waals surface area contributed by atoms with Gasteiger partial charge in [0, 0.05) is 31.0 Å². The third-order valence-corrected chi connectivity index (χ3v) is 4.92. The molecule has 1 aromatic heterocycles. The first-order valence-corrected chi connectivity index (χ1v) is 7.16. The van der Waals surface area contributed by atoms with E-state index in [1.165, 1.54) is 11.4 Å². The maximum atomic E-state index is 12.5. The number of aromatic amines is 1. The second-order valence-electron chi connectivity index (χ2n) is 4.34. The molecule has 0 saturated carbocycles. The fourth-order valence-electron chi connectivity index (χ4n) is 1.78. The molecule has 3 N–H and O–H groups in total. The zero-order valence-electron chi connectivity index (χ0n) is 10.8. The topological polar surface area (TPSA) is 92.1 Å². The summed E-state index contributed by atoms with van der Waals surface area (Å²) in [6.45, 7) is 1.96. The number of benzene rings is 1. The van der Waals surface area contributed by atoms with Gasteiger partial charge in [0.1, 0.15) is 0 Å². The summed E-state index contributed by atoms with van der Waals surface area (Å²) in [6, 6.07) is 4.89. The molecule has 0 amide bonds. The van der Waals surface area contributed by atoms with Gasteiger partial charge in [-0.25, -0.2) is 8.42 Å². The van der Waals surface area contributed by atoms with Crippen molar-refractivity contribution in [3.05, 3.63) is 41.7 Å². The summed E-state index contributed by atoms with van der Waals surface area (Å²) in [4.78, 5) is 0.235. The molecule has 19 heavy (non-hydrogen) atoms. The van der Waals surface area contributed by atoms with Crippen LogP contribution in [0, 0.1) is 6.92 Å². The van der Waals surface area contributed by atoms with Gasteiger partial charge >= 0.3 is 0 Å². The van der Waals surface area contributed by atoms with Crippen LogP contribution in [0.2, 0.25) is 0 Å². The highest BCUT2D eigenvalue weighted by atomic mass is 32.2. The van der Waals surface area contributed by atoms with Gasteiger partial charge in [-0.1, -0.05) is 6.07 Å². The summed E-state index contributed by atoms with van der Waals surface area (Å²) >= 11 is 0. The molecule has 0 bridgehead atoms. The van der Waals surface area contributed by atoms with Crippen molar-refractivity contribution in [2.45, 2.75) is 18.4 Å². The highest BCUT2D eigenvalue weighted by Gasteiger charge is 2.23. The summed E-state index contributed by atoms with van der Waals surface area (Å²) in [5, 5.41) is 6.45. The van der Waals surface area contributed by atoms with Gasteiger partial charge in [0.05, 0.1) is 11.1 Å². The number of nitrogens with one attached hydrogen (secondary N) is 1. The van der Waals surface area contributed by atoms with E-state index in [1.807, 2.05) is 0 Å². The minimum atomic E-state index is -3.56. The van der Waals surface area contributed by atoms with Gasteiger partial charge in [-0.05, 0) is 24.6 Å². The van der Waals surface area contributed by atoms with Crippen molar-refractivity contribution < 1.29 is 8.42 Å². The van der Waals surface area contributed by atoms with Gasteiger partial charge in [0.2, 0.25) is 10.0 Å². The smallest absolute Gasteiger partial charge is 0.243 e. The molecular weight excluding hydrogens is 264 g/mol. The molecule has 1 aromatic carbocycles. The number of H-pyrrole nitrogens is 1. The Morgan fingerprint density at radius 2 is 2.16 bits per heavy atom. The van der Waals surface area contributed by atoms with Crippen LogP contribution in [-0.4, -0.2) is 30.0 Å². The minimum Gasteiger partial charge on any atom is -0.398 e. The molecule has 0 radical (unpaired) electrons. The van der Waals surface area contributed by atoms with Crippen LogP contribution >= 0.6 is 0 Å². The second kappa shape index (κ2) is 5.02. The molecule has 0 spiro atoms. The van der Waals surface area contributed by atoms with Crippen molar-refractivity contribution in [3.63, 3.8) is 0 Å². The van der Waals surface area contributed by atoms with Crippen LogP contribution < -0.4 is 5.73 Å². The van der Waals surface area contributed by atoms with E-state index in [0.717, 1.165) is 5.56 Å². The SMILES string of the molecule is Cc1c(N)cccc1S(=O)(=O)N(C)Cc1cn[nH]c1. The monoisotopic (exact) mass is 280 g/mol. The number of sulfonamides is 1. The molecule has 0 saturated heterocycles. The minimum absolute atomic E-state index is 0.235. The summed E-state index contributed by atoms with van der Waals surface area (Å²) in [6.07, 6.45) is 3.26. The first-order chi connectivity index (χ1) is 8.93. The number of hydrogen-bond donors (Lipinski definition) is 2. The molecular formula is C12H16N4O2S. The number of aromatic nitrogens is 2. The van der Waals surface area contributed by atoms with Crippen molar-refractivity contribution in [1.82, 2.24) is 14.5 Å². The molecule has 7 heteroatoms. The lowest BCUT2D eigenvalue weighted by atomic mass is 10.2. The first kappa shape index (κ1) is 13.6. The third-order valence-electron chi connectivity index (χ3n) is 2.97. The van der Waals surface area contributed by atoms with Crippen LogP contribution in [0.5, 0.6) is 0 Å². The van der Waals surface area contributed by atoms with Crippen LogP contribution in [0.4, 0.5) is 5.69 Å². The van der Waals surface area contributed by atoms with E-state index in [0.29, 0.717) is 11.3 Å². The van der Waals surface area contributed by atoms with E-state index in [1.54, 1.807) is 37.5 Å². The zero-order valence-corrected chi connectivity index (χ0v) is 11.6. The number of nitrogens with two attached hydrogens (primary N) is 1. The Hall–Kier alpha value is -1.86. The molecule has 0 fully saturated rings. The Kier molecular flexibility index (Phi) is 3.59. The Balaban J connectivity index is 2.34. The number of nitrogens with zero attached hydrogens (tertiary/aromatic N) is 2. The normalized spacial score (nSPS) is 11.9. The fraction of sp³-hybridized carbons (Fsp3) is 0.250. The lowest BCUT2D eigenvalue weighted by Crippen LogP contribution is -2.27. The average Bonchev–Trinajstić information content (AvgIpc) is 2.85. The predicted octanol–water partition coefficient (Wildman–Crippen LogP) is 1.12. The quantitative estimate of drug-likeness (QED) is 0.821. The fourth-order valence-corrected chi connectivity index (χ4v) is 3.20. The van der Waals surface area contributed by atoms with E-state index < -0.39 is 10.0 Å². The van der Waals surface area contributed by atoms with Gasteiger partial charge in [-0.15, -0.1) is 0 Å². The Morgan fingerprint density at radius 3 is 2.79 bits per heavy atom. The molecule has 0 unspecified atom stereocenters. The zero-order chi connectivity index (χ0) is 14.0. The summed E-state index contributed by atoms with van der Waals surface area (Å²) in [5.74, 6) is 0. The van der Waals surface area contributed by atoms with Gasteiger partial charge in [-0.3, -0.25) is 5.10 Å². The Bertz CT molecular complexity index is 665. The van der Waals surface area contributed by atoms with Gasteiger partial charge < -0.3 is 5.73 Å². The van der Waals surface area contributed by atoms with Crippen molar-refractivity contribution in [2.24, 2.45) is 0 Å². The summed E-state index contributed by atoms with van der Waals surface area (Å²) < 4.78 is 26.2. The van der Waals surface area contributed by atoms with Crippen molar-refractivity contribution in [2.75, 3.05) is 12.8 Å². The lowest BCUT2D eigenvalue weighted by Gasteiger charge is -2.18. The van der Waals surface area contributed by atoms with Crippen molar-refractivity contribution >= 4 is 15.7 Å². The summed E-state index contributed by atoms with van der Waals surface area (Å²) in [7, 11) is -2.02. The lowest BCUT2D eigenvalue weighted by molar-refractivity contribution is 0.466. The van der Waals surface area contributed by atoms with Gasteiger partial charge in [0.15, 0.2) is 0 Å². The van der Waals surface area contributed by atoms with Crippen LogP contribution in [0.3, 0.4) is 0 Å². The molecule has 2 rings (SSSR count). The molecule has 2 aromatic rings. The predicted molar refractivity (Wildman–Crippen MR) is 72.8 cm³/mol. The molecule has 0 atom stereocenters. The average molecular weight is 280 g/mol. The maximum absolute atomic E-state index is 12.5. The van der Waals surface area contributed by atoms with Crippen LogP contribution in [-0.2, 0) is 16.6 Å². The van der Waals surface area contributed by atoms with Crippen LogP contribution in [0.1, 0.15) is 11.1 Å². The molecule has 0 aliphatic rings. The van der Waals surface area contributed by atoms with Gasteiger partial charge in [0.25, 0.3) is 0 Å². The van der Waals surface area contributed by atoms with Crippen molar-refractivity contribution in [1.29, 1.82) is 0 Å². The highest BCUT2D eigenvalue weighted by molar-refractivity contribution is 7.89. The number of rotatable bonds is 4. The molecule has 0 aliphatic carbocycles. The van der Waals surface area contributed by atoms with E-state index in [9.17, 15) is 8.42 Å². The molecule has 0 aliphatic heterocycles. The second-order valence-corrected chi connectivity index (χ2v) is 6.35. The maximum Gasteiger partial charge on any atom is 0.243 e. The largest absolute Gasteiger partial charge is 0.398 e. The first-order valence-electron chi connectivity index (χ1n) is 5.72. The third kappa shape index (κ3) is 2.61. The van der Waals surface area contributed by atoms with Crippen LogP contribution in [0.25, 0.3) is 0 Å². The highest BCUT2D eigenvalue weighted by Crippen LogP contribution is 2.23. The molecule has 102 valence electrons. The van der Waals surface area contributed by atoms with E-state index in [2.05, 4.69) is 10.2 Å². The molecule has 6 nitrogen and oxygen atoms in total. The Morgan fingerprint density at radius 1 is 1.42 bits per heavy atom. The molecule has 1 heterocycles. The Labute approximate surface area is 112 Å². The van der Waals surface area contributed by atoms with Crippen molar-refractivity contribution in [3.8, 4) is 0 Å². The number of nitrogen functional groups attached to an aromatic ring is 1. The van der Waals surface area contributed by atoms with E-state index >= 15 is 0 Å². The number of anilines is 1. The van der Waals surface area contributed by atoms with Gasteiger partial charge in [-0.2, -0.15) is 9.40 Å². The number of hydrogen-bond acceptors (Lipinski definition) is 4. The van der Waals surface area contributed by atoms with Crippen LogP contribution in [0.15, 0.2) is 35.5 Å².